The molecule has 0 heterocycles. The molecule has 15 heavy (non-hydrogen) atoms. The van der Waals surface area contributed by atoms with Crippen LogP contribution in [0.4, 0.5) is 0 Å². The van der Waals surface area contributed by atoms with Gasteiger partial charge in [-0.05, 0) is 32.2 Å². The number of hydrogen-bond acceptors (Lipinski definition) is 4. The van der Waals surface area contributed by atoms with Gasteiger partial charge in [0.1, 0.15) is 0 Å². The van der Waals surface area contributed by atoms with Crippen molar-refractivity contribution in [2.45, 2.75) is 51.9 Å². The average Bonchev–Trinajstić information content (AvgIpc) is 2.22. The highest BCUT2D eigenvalue weighted by molar-refractivity contribution is 4.69. The molecule has 0 saturated carbocycles. The van der Waals surface area contributed by atoms with Crippen LogP contribution in [0.3, 0.4) is 0 Å². The van der Waals surface area contributed by atoms with Crippen LogP contribution in [0, 0.1) is 5.92 Å². The molecule has 0 aliphatic rings. The summed E-state index contributed by atoms with van der Waals surface area (Å²) in [5, 5.41) is 22.0. The summed E-state index contributed by atoms with van der Waals surface area (Å²) in [6.07, 6.45) is -0.0236. The molecule has 0 spiro atoms. The SMILES string of the molecule is CC(C)C(C)NCCCC(O)C(O)CN. The third kappa shape index (κ3) is 6.84. The van der Waals surface area contributed by atoms with E-state index in [2.05, 4.69) is 26.1 Å². The molecule has 4 heteroatoms. The first-order valence-corrected chi connectivity index (χ1v) is 5.78. The van der Waals surface area contributed by atoms with Crippen molar-refractivity contribution >= 4 is 0 Å². The summed E-state index contributed by atoms with van der Waals surface area (Å²) in [5.41, 5.74) is 5.24. The Morgan fingerprint density at radius 2 is 1.73 bits per heavy atom. The van der Waals surface area contributed by atoms with E-state index in [9.17, 15) is 10.2 Å². The average molecular weight is 218 g/mol. The van der Waals surface area contributed by atoms with Gasteiger partial charge in [-0.2, -0.15) is 0 Å². The molecule has 0 bridgehead atoms. The maximum Gasteiger partial charge on any atom is 0.0920 e. The normalized spacial score (nSPS) is 17.8. The molecule has 0 saturated heterocycles. The zero-order valence-electron chi connectivity index (χ0n) is 10.1. The lowest BCUT2D eigenvalue weighted by Crippen LogP contribution is -2.35. The standard InChI is InChI=1S/C11H26N2O2/c1-8(2)9(3)13-6-4-5-10(14)11(15)7-12/h8-11,13-15H,4-7,12H2,1-3H3. The molecular formula is C11H26N2O2. The van der Waals surface area contributed by atoms with Gasteiger partial charge in [0, 0.05) is 12.6 Å². The van der Waals surface area contributed by atoms with Crippen LogP contribution < -0.4 is 11.1 Å². The van der Waals surface area contributed by atoms with E-state index >= 15 is 0 Å². The minimum Gasteiger partial charge on any atom is -0.390 e. The van der Waals surface area contributed by atoms with Crippen LogP contribution in [0.1, 0.15) is 33.6 Å². The molecule has 0 amide bonds. The van der Waals surface area contributed by atoms with E-state index in [4.69, 9.17) is 5.73 Å². The van der Waals surface area contributed by atoms with Crippen molar-refractivity contribution in [3.63, 3.8) is 0 Å². The third-order valence-electron chi connectivity index (χ3n) is 2.83. The van der Waals surface area contributed by atoms with Crippen LogP contribution >= 0.6 is 0 Å². The first-order chi connectivity index (χ1) is 6.99. The van der Waals surface area contributed by atoms with Crippen molar-refractivity contribution in [3.8, 4) is 0 Å². The van der Waals surface area contributed by atoms with Crippen LogP contribution in [-0.2, 0) is 0 Å². The molecule has 0 aliphatic carbocycles. The summed E-state index contributed by atoms with van der Waals surface area (Å²) in [6.45, 7) is 7.48. The Hall–Kier alpha value is -0.160. The van der Waals surface area contributed by atoms with Gasteiger partial charge in [-0.3, -0.25) is 0 Å². The molecule has 0 rings (SSSR count). The molecule has 3 unspecified atom stereocenters. The Labute approximate surface area is 92.9 Å². The molecule has 0 aromatic heterocycles. The number of nitrogens with two attached hydrogens (primary N) is 1. The predicted molar refractivity (Wildman–Crippen MR) is 62.6 cm³/mol. The van der Waals surface area contributed by atoms with E-state index in [0.717, 1.165) is 13.0 Å². The number of hydrogen-bond donors (Lipinski definition) is 4. The number of aliphatic hydroxyl groups excluding tert-OH is 2. The molecule has 5 N–H and O–H groups in total. The minimum absolute atomic E-state index is 0.122. The first kappa shape index (κ1) is 14.8. The summed E-state index contributed by atoms with van der Waals surface area (Å²) >= 11 is 0. The smallest absolute Gasteiger partial charge is 0.0920 e. The highest BCUT2D eigenvalue weighted by Crippen LogP contribution is 2.03. The van der Waals surface area contributed by atoms with Gasteiger partial charge in [0.05, 0.1) is 12.2 Å². The second-order valence-electron chi connectivity index (χ2n) is 4.50. The van der Waals surface area contributed by atoms with Gasteiger partial charge in [-0.25, -0.2) is 0 Å². The number of nitrogens with one attached hydrogen (secondary N) is 1. The lowest BCUT2D eigenvalue weighted by atomic mass is 10.1. The molecule has 92 valence electrons. The van der Waals surface area contributed by atoms with Gasteiger partial charge >= 0.3 is 0 Å². The molecule has 3 atom stereocenters. The van der Waals surface area contributed by atoms with Gasteiger partial charge in [-0.1, -0.05) is 13.8 Å². The van der Waals surface area contributed by atoms with Crippen LogP contribution in [0.15, 0.2) is 0 Å². The zero-order valence-corrected chi connectivity index (χ0v) is 10.1. The molecule has 0 aromatic rings. The number of aliphatic hydroxyl groups is 2. The van der Waals surface area contributed by atoms with Crippen LogP contribution in [0.25, 0.3) is 0 Å². The van der Waals surface area contributed by atoms with Gasteiger partial charge in [0.25, 0.3) is 0 Å². The number of rotatable bonds is 8. The van der Waals surface area contributed by atoms with Crippen molar-refractivity contribution in [1.29, 1.82) is 0 Å². The Morgan fingerprint density at radius 1 is 1.13 bits per heavy atom. The van der Waals surface area contributed by atoms with E-state index in [0.29, 0.717) is 18.4 Å². The molecule has 0 fully saturated rings. The fourth-order valence-corrected chi connectivity index (χ4v) is 1.23. The fraction of sp³-hybridized carbons (Fsp3) is 1.00. The highest BCUT2D eigenvalue weighted by atomic mass is 16.3. The summed E-state index contributed by atoms with van der Waals surface area (Å²) < 4.78 is 0. The van der Waals surface area contributed by atoms with Crippen molar-refractivity contribution in [2.75, 3.05) is 13.1 Å². The minimum atomic E-state index is -0.785. The van der Waals surface area contributed by atoms with E-state index in [-0.39, 0.29) is 6.54 Å². The summed E-state index contributed by atoms with van der Waals surface area (Å²) in [6, 6.07) is 0.488. The van der Waals surface area contributed by atoms with E-state index in [1.165, 1.54) is 0 Å². The predicted octanol–water partition coefficient (Wildman–Crippen LogP) is 0.0812. The molecule has 4 nitrogen and oxygen atoms in total. The topological polar surface area (TPSA) is 78.5 Å². The maximum absolute atomic E-state index is 9.43. The second kappa shape index (κ2) is 8.05. The van der Waals surface area contributed by atoms with Crippen LogP contribution in [0.2, 0.25) is 0 Å². The van der Waals surface area contributed by atoms with Crippen molar-refractivity contribution in [2.24, 2.45) is 11.7 Å². The summed E-state index contributed by atoms with van der Waals surface area (Å²) in [4.78, 5) is 0. The van der Waals surface area contributed by atoms with Crippen LogP contribution in [-0.4, -0.2) is 41.6 Å². The van der Waals surface area contributed by atoms with E-state index in [1.807, 2.05) is 0 Å². The second-order valence-corrected chi connectivity index (χ2v) is 4.50. The first-order valence-electron chi connectivity index (χ1n) is 5.78. The largest absolute Gasteiger partial charge is 0.390 e. The maximum atomic E-state index is 9.43. The highest BCUT2D eigenvalue weighted by Gasteiger charge is 2.13. The van der Waals surface area contributed by atoms with Gasteiger partial charge in [-0.15, -0.1) is 0 Å². The Balaban J connectivity index is 3.46. The van der Waals surface area contributed by atoms with Crippen molar-refractivity contribution < 1.29 is 10.2 Å². The molecule has 0 aromatic carbocycles. The Kier molecular flexibility index (Phi) is 7.96. The van der Waals surface area contributed by atoms with Crippen LogP contribution in [0.5, 0.6) is 0 Å². The lowest BCUT2D eigenvalue weighted by molar-refractivity contribution is 0.0192. The molecule has 0 radical (unpaired) electrons. The van der Waals surface area contributed by atoms with E-state index in [1.54, 1.807) is 0 Å². The third-order valence-corrected chi connectivity index (χ3v) is 2.83. The Bertz CT molecular complexity index is 154. The lowest BCUT2D eigenvalue weighted by Gasteiger charge is -2.19. The van der Waals surface area contributed by atoms with Gasteiger partial charge in [0.15, 0.2) is 0 Å². The summed E-state index contributed by atoms with van der Waals surface area (Å²) in [7, 11) is 0. The monoisotopic (exact) mass is 218 g/mol. The summed E-state index contributed by atoms with van der Waals surface area (Å²) in [5.74, 6) is 0.615. The molecule has 0 aliphatic heterocycles. The van der Waals surface area contributed by atoms with E-state index < -0.39 is 12.2 Å². The van der Waals surface area contributed by atoms with Gasteiger partial charge in [0.2, 0.25) is 0 Å². The quantitative estimate of drug-likeness (QED) is 0.435. The molecular weight excluding hydrogens is 192 g/mol. The van der Waals surface area contributed by atoms with Gasteiger partial charge < -0.3 is 21.3 Å². The fourth-order valence-electron chi connectivity index (χ4n) is 1.23. The zero-order chi connectivity index (χ0) is 11.8. The Morgan fingerprint density at radius 3 is 2.20 bits per heavy atom. The van der Waals surface area contributed by atoms with Crippen molar-refractivity contribution in [1.82, 2.24) is 5.32 Å². The van der Waals surface area contributed by atoms with Crippen molar-refractivity contribution in [3.05, 3.63) is 0 Å².